The Morgan fingerprint density at radius 3 is 2.24 bits per heavy atom. The molecule has 3 amide bonds. The van der Waals surface area contributed by atoms with E-state index in [1.165, 1.54) is 9.80 Å². The van der Waals surface area contributed by atoms with Gasteiger partial charge in [0.15, 0.2) is 5.11 Å². The van der Waals surface area contributed by atoms with Crippen LogP contribution in [0.25, 0.3) is 17.0 Å². The van der Waals surface area contributed by atoms with Crippen molar-refractivity contribution in [3.05, 3.63) is 101 Å². The Morgan fingerprint density at radius 2 is 1.52 bits per heavy atom. The number of ether oxygens (including phenoxy) is 1. The minimum absolute atomic E-state index is 0.00964. The number of hydrogen-bond acceptors (Lipinski definition) is 5. The van der Waals surface area contributed by atoms with Crippen LogP contribution in [-0.2, 0) is 25.7 Å². The first-order valence-electron chi connectivity index (χ1n) is 13.8. The molecule has 42 heavy (non-hydrogen) atoms. The fourth-order valence-electron chi connectivity index (χ4n) is 5.36. The second kappa shape index (κ2) is 11.3. The Kier molecular flexibility index (Phi) is 7.45. The van der Waals surface area contributed by atoms with E-state index in [0.717, 1.165) is 22.0 Å². The third kappa shape index (κ3) is 5.01. The number of nitrogens with zero attached hydrogens (tertiary/aromatic N) is 4. The fourth-order valence-corrected chi connectivity index (χ4v) is 5.74. The number of thiocarbonyl (C=S) groups is 1. The fraction of sp³-hybridized carbons (Fsp3) is 0.212. The van der Waals surface area contributed by atoms with Gasteiger partial charge in [-0.15, -0.1) is 0 Å². The number of rotatable bonds is 5. The van der Waals surface area contributed by atoms with Gasteiger partial charge in [-0.2, -0.15) is 0 Å². The Morgan fingerprint density at radius 1 is 0.857 bits per heavy atom. The number of hydrogen-bond donors (Lipinski definition) is 0. The molecule has 0 bridgehead atoms. The second-order valence-electron chi connectivity index (χ2n) is 10.4. The van der Waals surface area contributed by atoms with E-state index in [1.807, 2.05) is 85.3 Å². The number of amides is 3. The number of benzene rings is 3. The van der Waals surface area contributed by atoms with Crippen molar-refractivity contribution in [1.82, 2.24) is 9.47 Å². The minimum Gasteiger partial charge on any atom is -0.378 e. The maximum absolute atomic E-state index is 14.1. The van der Waals surface area contributed by atoms with Gasteiger partial charge in [0.1, 0.15) is 12.1 Å². The predicted octanol–water partition coefficient (Wildman–Crippen LogP) is 4.87. The third-order valence-electron chi connectivity index (χ3n) is 7.80. The summed E-state index contributed by atoms with van der Waals surface area (Å²) in [7, 11) is 0. The Hall–Kier alpha value is -4.60. The average Bonchev–Trinajstić information content (AvgIpc) is 3.35. The van der Waals surface area contributed by atoms with Crippen molar-refractivity contribution < 1.29 is 19.1 Å². The number of aryl methyl sites for hydroxylation is 2. The van der Waals surface area contributed by atoms with Crippen molar-refractivity contribution in [2.75, 3.05) is 36.1 Å². The lowest BCUT2D eigenvalue weighted by Gasteiger charge is -2.36. The second-order valence-corrected chi connectivity index (χ2v) is 10.8. The van der Waals surface area contributed by atoms with Gasteiger partial charge in [-0.3, -0.25) is 24.2 Å². The van der Waals surface area contributed by atoms with Crippen molar-refractivity contribution in [2.45, 2.75) is 20.4 Å². The average molecular weight is 579 g/mol. The highest BCUT2D eigenvalue weighted by Crippen LogP contribution is 2.32. The van der Waals surface area contributed by atoms with E-state index >= 15 is 0 Å². The van der Waals surface area contributed by atoms with Gasteiger partial charge in [0.2, 0.25) is 5.91 Å². The molecule has 2 fully saturated rings. The number of carbonyl (C=O) groups is 3. The third-order valence-corrected chi connectivity index (χ3v) is 8.17. The molecule has 4 aromatic rings. The van der Waals surface area contributed by atoms with Crippen molar-refractivity contribution >= 4 is 63.4 Å². The van der Waals surface area contributed by atoms with Crippen LogP contribution in [0.4, 0.5) is 11.4 Å². The molecule has 0 N–H and O–H groups in total. The molecule has 3 heterocycles. The van der Waals surface area contributed by atoms with Crippen LogP contribution >= 0.6 is 12.2 Å². The van der Waals surface area contributed by atoms with Gasteiger partial charge in [-0.1, -0.05) is 42.5 Å². The Bertz CT molecular complexity index is 1750. The zero-order chi connectivity index (χ0) is 29.4. The lowest BCUT2D eigenvalue weighted by molar-refractivity contribution is -0.135. The van der Waals surface area contributed by atoms with Crippen LogP contribution in [0, 0.1) is 13.8 Å². The smallest absolute Gasteiger partial charge is 0.270 e. The van der Waals surface area contributed by atoms with Crippen LogP contribution < -0.4 is 9.80 Å². The standard InChI is InChI=1S/C33H30N4O4S/c1-22-12-13-26(18-23(22)2)37-32(40)28(31(39)36(33(37)42)25-8-4-3-5-9-25)19-24-20-35(29-11-7-6-10-27(24)29)21-30(38)34-14-16-41-17-15-34/h3-13,18-20H,14-17,21H2,1-2H3/b28-19+. The molecule has 0 atom stereocenters. The highest BCUT2D eigenvalue weighted by atomic mass is 32.1. The van der Waals surface area contributed by atoms with Crippen LogP contribution in [0.1, 0.15) is 16.7 Å². The summed E-state index contributed by atoms with van der Waals surface area (Å²) in [6, 6.07) is 22.4. The summed E-state index contributed by atoms with van der Waals surface area (Å²) < 4.78 is 7.26. The summed E-state index contributed by atoms with van der Waals surface area (Å²) in [4.78, 5) is 45.8. The van der Waals surface area contributed by atoms with Crippen LogP contribution in [0.3, 0.4) is 0 Å². The summed E-state index contributed by atoms with van der Waals surface area (Å²) in [5.74, 6) is -1.01. The van der Waals surface area contributed by atoms with Crippen molar-refractivity contribution in [3.8, 4) is 0 Å². The van der Waals surface area contributed by atoms with Crippen molar-refractivity contribution in [1.29, 1.82) is 0 Å². The quantitative estimate of drug-likeness (QED) is 0.192. The zero-order valence-corrected chi connectivity index (χ0v) is 24.3. The molecule has 9 heteroatoms. The lowest BCUT2D eigenvalue weighted by Crippen LogP contribution is -2.57. The van der Waals surface area contributed by atoms with E-state index in [0.29, 0.717) is 43.2 Å². The molecular weight excluding hydrogens is 548 g/mol. The van der Waals surface area contributed by atoms with Gasteiger partial charge in [0.25, 0.3) is 11.8 Å². The van der Waals surface area contributed by atoms with Crippen LogP contribution in [-0.4, -0.2) is 58.6 Å². The molecule has 0 spiro atoms. The normalized spacial score (nSPS) is 17.0. The first-order valence-corrected chi connectivity index (χ1v) is 14.2. The largest absolute Gasteiger partial charge is 0.378 e. The molecule has 2 aliphatic heterocycles. The van der Waals surface area contributed by atoms with E-state index in [-0.39, 0.29) is 23.1 Å². The number of carbonyl (C=O) groups excluding carboxylic acids is 3. The van der Waals surface area contributed by atoms with Gasteiger partial charge in [-0.25, -0.2) is 0 Å². The molecule has 1 aromatic heterocycles. The van der Waals surface area contributed by atoms with Crippen molar-refractivity contribution in [2.24, 2.45) is 0 Å². The predicted molar refractivity (Wildman–Crippen MR) is 167 cm³/mol. The molecule has 6 rings (SSSR count). The number of morpholine rings is 1. The van der Waals surface area contributed by atoms with E-state index in [9.17, 15) is 14.4 Å². The molecule has 8 nitrogen and oxygen atoms in total. The zero-order valence-electron chi connectivity index (χ0n) is 23.4. The summed E-state index contributed by atoms with van der Waals surface area (Å²) in [6.07, 6.45) is 3.45. The number of anilines is 2. The Labute approximate surface area is 249 Å². The first kappa shape index (κ1) is 27.6. The molecule has 0 saturated carbocycles. The van der Waals surface area contributed by atoms with Gasteiger partial charge in [0, 0.05) is 35.8 Å². The van der Waals surface area contributed by atoms with Gasteiger partial charge in [0.05, 0.1) is 24.6 Å². The summed E-state index contributed by atoms with van der Waals surface area (Å²) in [6.45, 7) is 6.27. The number of aromatic nitrogens is 1. The first-order chi connectivity index (χ1) is 20.3. The van der Waals surface area contributed by atoms with Crippen LogP contribution in [0.2, 0.25) is 0 Å². The molecule has 2 aliphatic rings. The van der Waals surface area contributed by atoms with E-state index in [4.69, 9.17) is 17.0 Å². The van der Waals surface area contributed by atoms with Crippen LogP contribution in [0.15, 0.2) is 84.6 Å². The highest BCUT2D eigenvalue weighted by Gasteiger charge is 2.41. The monoisotopic (exact) mass is 578 g/mol. The molecule has 0 unspecified atom stereocenters. The summed E-state index contributed by atoms with van der Waals surface area (Å²) in [5.41, 5.74) is 4.73. The maximum Gasteiger partial charge on any atom is 0.270 e. The summed E-state index contributed by atoms with van der Waals surface area (Å²) in [5, 5.41) is 0.924. The van der Waals surface area contributed by atoms with E-state index in [2.05, 4.69) is 0 Å². The Balaban J connectivity index is 1.45. The summed E-state index contributed by atoms with van der Waals surface area (Å²) >= 11 is 5.78. The highest BCUT2D eigenvalue weighted by molar-refractivity contribution is 7.81. The minimum atomic E-state index is -0.502. The van der Waals surface area contributed by atoms with Gasteiger partial charge >= 0.3 is 0 Å². The molecule has 0 radical (unpaired) electrons. The topological polar surface area (TPSA) is 75.1 Å². The maximum atomic E-state index is 14.1. The van der Waals surface area contributed by atoms with Crippen LogP contribution in [0.5, 0.6) is 0 Å². The lowest BCUT2D eigenvalue weighted by atomic mass is 10.0. The molecule has 2 saturated heterocycles. The SMILES string of the molecule is Cc1ccc(N2C(=O)/C(=C/c3cn(CC(=O)N4CCOCC4)c4ccccc34)C(=O)N(c3ccccc3)C2=S)cc1C. The number of para-hydroxylation sites is 2. The van der Waals surface area contributed by atoms with E-state index < -0.39 is 11.8 Å². The molecule has 3 aromatic carbocycles. The number of fused-ring (bicyclic) bond motifs is 1. The molecule has 0 aliphatic carbocycles. The van der Waals surface area contributed by atoms with Gasteiger partial charge < -0.3 is 14.2 Å². The molecule has 212 valence electrons. The van der Waals surface area contributed by atoms with E-state index in [1.54, 1.807) is 23.1 Å². The van der Waals surface area contributed by atoms with Gasteiger partial charge in [-0.05, 0) is 73.6 Å². The van der Waals surface area contributed by atoms with Crippen molar-refractivity contribution in [3.63, 3.8) is 0 Å². The molecular formula is C33H30N4O4S.